The molecule has 0 heterocycles. The van der Waals surface area contributed by atoms with Crippen molar-refractivity contribution < 1.29 is 19.4 Å². The maximum Gasteiger partial charge on any atom is 0.308 e. The number of carboxylic acids is 1. The number of methoxy groups -OCH3 is 2. The largest absolute Gasteiger partial charge is 0.497 e. The number of hydrogen-bond acceptors (Lipinski definition) is 4. The van der Waals surface area contributed by atoms with Gasteiger partial charge >= 0.3 is 5.97 Å². The molecular weight excluding hydrogens is 234 g/mol. The molecule has 0 spiro atoms. The average Bonchev–Trinajstić information content (AvgIpc) is 2.37. The molecule has 0 radical (unpaired) electrons. The van der Waals surface area contributed by atoms with Crippen LogP contribution in [0.4, 0.5) is 5.69 Å². The molecule has 0 aromatic heterocycles. The molecule has 1 atom stereocenters. The first-order valence-corrected chi connectivity index (χ1v) is 5.65. The van der Waals surface area contributed by atoms with E-state index >= 15 is 0 Å². The molecule has 5 nitrogen and oxygen atoms in total. The zero-order chi connectivity index (χ0) is 13.7. The summed E-state index contributed by atoms with van der Waals surface area (Å²) in [4.78, 5) is 12.7. The highest BCUT2D eigenvalue weighted by Crippen LogP contribution is 2.31. The van der Waals surface area contributed by atoms with E-state index in [-0.39, 0.29) is 0 Å². The molecule has 18 heavy (non-hydrogen) atoms. The van der Waals surface area contributed by atoms with E-state index in [1.165, 1.54) is 0 Å². The standard InChI is InChI=1S/C13H19NO4/c1-9(13(15)16)8-14(2)11-7-10(17-3)5-6-12(11)18-4/h5-7,9H,8H2,1-4H3,(H,15,16). The van der Waals surface area contributed by atoms with Gasteiger partial charge in [-0.3, -0.25) is 4.79 Å². The monoisotopic (exact) mass is 253 g/mol. The highest BCUT2D eigenvalue weighted by Gasteiger charge is 2.16. The first-order valence-electron chi connectivity index (χ1n) is 5.65. The van der Waals surface area contributed by atoms with Crippen molar-refractivity contribution in [2.45, 2.75) is 6.92 Å². The number of rotatable bonds is 6. The summed E-state index contributed by atoms with van der Waals surface area (Å²) >= 11 is 0. The molecule has 1 aromatic carbocycles. The highest BCUT2D eigenvalue weighted by atomic mass is 16.5. The lowest BCUT2D eigenvalue weighted by Crippen LogP contribution is -2.28. The molecule has 1 unspecified atom stereocenters. The quantitative estimate of drug-likeness (QED) is 0.838. The van der Waals surface area contributed by atoms with Crippen molar-refractivity contribution in [1.82, 2.24) is 0 Å². The van der Waals surface area contributed by atoms with Crippen LogP contribution in [0, 0.1) is 5.92 Å². The van der Waals surface area contributed by atoms with Crippen molar-refractivity contribution in [3.8, 4) is 11.5 Å². The first kappa shape index (κ1) is 14.2. The van der Waals surface area contributed by atoms with E-state index in [2.05, 4.69) is 0 Å². The summed E-state index contributed by atoms with van der Waals surface area (Å²) < 4.78 is 10.4. The Morgan fingerprint density at radius 1 is 1.39 bits per heavy atom. The number of hydrogen-bond donors (Lipinski definition) is 1. The molecule has 1 aromatic rings. The van der Waals surface area contributed by atoms with Crippen LogP contribution in [0.3, 0.4) is 0 Å². The predicted molar refractivity (Wildman–Crippen MR) is 69.6 cm³/mol. The molecule has 0 bridgehead atoms. The summed E-state index contributed by atoms with van der Waals surface area (Å²) in [5.41, 5.74) is 0.810. The molecule has 0 aliphatic rings. The van der Waals surface area contributed by atoms with Gasteiger partial charge in [-0.1, -0.05) is 6.92 Å². The summed E-state index contributed by atoms with van der Waals surface area (Å²) in [5.74, 6) is 0.131. The molecule has 0 aliphatic carbocycles. The molecule has 0 amide bonds. The minimum Gasteiger partial charge on any atom is -0.497 e. The SMILES string of the molecule is COc1ccc(OC)c(N(C)CC(C)C(=O)O)c1. The predicted octanol–water partition coefficient (Wildman–Crippen LogP) is 1.86. The van der Waals surface area contributed by atoms with Gasteiger partial charge in [-0.25, -0.2) is 0 Å². The maximum absolute atomic E-state index is 10.9. The third-order valence-corrected chi connectivity index (χ3v) is 2.77. The van der Waals surface area contributed by atoms with Crippen LogP contribution in [-0.2, 0) is 4.79 Å². The van der Waals surface area contributed by atoms with E-state index < -0.39 is 11.9 Å². The van der Waals surface area contributed by atoms with Crippen molar-refractivity contribution in [3.05, 3.63) is 18.2 Å². The van der Waals surface area contributed by atoms with Crippen LogP contribution >= 0.6 is 0 Å². The minimum atomic E-state index is -0.816. The van der Waals surface area contributed by atoms with Gasteiger partial charge in [-0.15, -0.1) is 0 Å². The van der Waals surface area contributed by atoms with E-state index in [9.17, 15) is 4.79 Å². The van der Waals surface area contributed by atoms with Gasteiger partial charge in [0.15, 0.2) is 0 Å². The number of aliphatic carboxylic acids is 1. The fourth-order valence-electron chi connectivity index (χ4n) is 1.68. The Bertz CT molecular complexity index is 419. The van der Waals surface area contributed by atoms with Gasteiger partial charge in [-0.2, -0.15) is 0 Å². The zero-order valence-corrected chi connectivity index (χ0v) is 11.1. The van der Waals surface area contributed by atoms with Gasteiger partial charge in [-0.05, 0) is 12.1 Å². The van der Waals surface area contributed by atoms with Gasteiger partial charge < -0.3 is 19.5 Å². The molecule has 1 N–H and O–H groups in total. The topological polar surface area (TPSA) is 59.0 Å². The van der Waals surface area contributed by atoms with Crippen LogP contribution in [0.25, 0.3) is 0 Å². The van der Waals surface area contributed by atoms with Gasteiger partial charge in [0.25, 0.3) is 0 Å². The molecule has 0 saturated carbocycles. The fraction of sp³-hybridized carbons (Fsp3) is 0.462. The van der Waals surface area contributed by atoms with Crippen molar-refractivity contribution in [3.63, 3.8) is 0 Å². The Kier molecular flexibility index (Phi) is 4.83. The normalized spacial score (nSPS) is 11.8. The Hall–Kier alpha value is -1.91. The average molecular weight is 253 g/mol. The van der Waals surface area contributed by atoms with Crippen LogP contribution in [-0.4, -0.2) is 38.9 Å². The van der Waals surface area contributed by atoms with Gasteiger partial charge in [0.1, 0.15) is 11.5 Å². The van der Waals surface area contributed by atoms with E-state index in [0.29, 0.717) is 18.0 Å². The van der Waals surface area contributed by atoms with Crippen LogP contribution < -0.4 is 14.4 Å². The molecule has 0 fully saturated rings. The maximum atomic E-state index is 10.9. The second-order valence-corrected chi connectivity index (χ2v) is 4.16. The third-order valence-electron chi connectivity index (χ3n) is 2.77. The lowest BCUT2D eigenvalue weighted by Gasteiger charge is -2.24. The number of benzene rings is 1. The molecule has 5 heteroatoms. The Balaban J connectivity index is 2.95. The number of carboxylic acid groups (broad SMARTS) is 1. The summed E-state index contributed by atoms with van der Waals surface area (Å²) in [5, 5.41) is 8.92. The lowest BCUT2D eigenvalue weighted by molar-refractivity contribution is -0.140. The van der Waals surface area contributed by atoms with Crippen LogP contribution in [0.5, 0.6) is 11.5 Å². The van der Waals surface area contributed by atoms with E-state index in [1.54, 1.807) is 33.3 Å². The molecule has 1 rings (SSSR count). The number of ether oxygens (including phenoxy) is 2. The summed E-state index contributed by atoms with van der Waals surface area (Å²) in [6, 6.07) is 5.43. The summed E-state index contributed by atoms with van der Waals surface area (Å²) in [6.07, 6.45) is 0. The molecular formula is C13H19NO4. The molecule has 100 valence electrons. The van der Waals surface area contributed by atoms with Crippen LogP contribution in [0.15, 0.2) is 18.2 Å². The third kappa shape index (κ3) is 3.29. The Morgan fingerprint density at radius 2 is 2.06 bits per heavy atom. The zero-order valence-electron chi connectivity index (χ0n) is 11.1. The Morgan fingerprint density at radius 3 is 2.56 bits per heavy atom. The van der Waals surface area contributed by atoms with E-state index in [0.717, 1.165) is 5.69 Å². The first-order chi connectivity index (χ1) is 8.49. The van der Waals surface area contributed by atoms with E-state index in [1.807, 2.05) is 18.0 Å². The van der Waals surface area contributed by atoms with Crippen molar-refractivity contribution in [1.29, 1.82) is 0 Å². The second-order valence-electron chi connectivity index (χ2n) is 4.16. The number of nitrogens with zero attached hydrogens (tertiary/aromatic N) is 1. The fourth-order valence-corrected chi connectivity index (χ4v) is 1.68. The second kappa shape index (κ2) is 6.14. The van der Waals surface area contributed by atoms with Crippen molar-refractivity contribution in [2.75, 3.05) is 32.7 Å². The van der Waals surface area contributed by atoms with Gasteiger partial charge in [0.2, 0.25) is 0 Å². The van der Waals surface area contributed by atoms with Crippen molar-refractivity contribution in [2.24, 2.45) is 5.92 Å². The minimum absolute atomic E-state index is 0.402. The van der Waals surface area contributed by atoms with Crippen LogP contribution in [0.2, 0.25) is 0 Å². The Labute approximate surface area is 107 Å². The summed E-state index contributed by atoms with van der Waals surface area (Å²) in [7, 11) is 5.00. The summed E-state index contributed by atoms with van der Waals surface area (Å²) in [6.45, 7) is 2.07. The number of anilines is 1. The smallest absolute Gasteiger partial charge is 0.308 e. The van der Waals surface area contributed by atoms with Gasteiger partial charge in [0.05, 0.1) is 25.8 Å². The number of carbonyl (C=O) groups is 1. The van der Waals surface area contributed by atoms with Crippen LogP contribution in [0.1, 0.15) is 6.92 Å². The van der Waals surface area contributed by atoms with Crippen molar-refractivity contribution >= 4 is 11.7 Å². The van der Waals surface area contributed by atoms with Gasteiger partial charge in [0, 0.05) is 19.7 Å². The molecule has 0 saturated heterocycles. The highest BCUT2D eigenvalue weighted by molar-refractivity contribution is 5.71. The molecule has 0 aliphatic heterocycles. The van der Waals surface area contributed by atoms with E-state index in [4.69, 9.17) is 14.6 Å². The lowest BCUT2D eigenvalue weighted by atomic mass is 10.1.